The maximum absolute atomic E-state index is 6.06. The number of hydrogen-bond donors (Lipinski definition) is 1. The Kier molecular flexibility index (Phi) is 4.73. The molecule has 0 fully saturated rings. The van der Waals surface area contributed by atoms with Crippen LogP contribution in [0.15, 0.2) is 18.2 Å². The highest BCUT2D eigenvalue weighted by atomic mass is 35.5. The Morgan fingerprint density at radius 1 is 1.29 bits per heavy atom. The first-order chi connectivity index (χ1) is 6.65. The molecule has 0 saturated heterocycles. The van der Waals surface area contributed by atoms with Crippen LogP contribution >= 0.6 is 23.2 Å². The summed E-state index contributed by atoms with van der Waals surface area (Å²) in [6, 6.07) is 5.61. The molecule has 2 N–H and O–H groups in total. The summed E-state index contributed by atoms with van der Waals surface area (Å²) in [7, 11) is 0. The van der Waals surface area contributed by atoms with Crippen molar-refractivity contribution in [1.82, 2.24) is 0 Å². The summed E-state index contributed by atoms with van der Waals surface area (Å²) in [6.45, 7) is 2.87. The molecule has 0 aromatic heterocycles. The lowest BCUT2D eigenvalue weighted by Crippen LogP contribution is -2.08. The minimum absolute atomic E-state index is 0.525. The molecule has 0 radical (unpaired) electrons. The summed E-state index contributed by atoms with van der Waals surface area (Å²) < 4.78 is 0. The maximum Gasteiger partial charge on any atom is 0.0452 e. The minimum Gasteiger partial charge on any atom is -0.330 e. The van der Waals surface area contributed by atoms with Gasteiger partial charge in [-0.1, -0.05) is 36.2 Å². The minimum atomic E-state index is 0.525. The highest BCUT2D eigenvalue weighted by Crippen LogP contribution is 2.27. The van der Waals surface area contributed by atoms with E-state index in [0.717, 1.165) is 28.5 Å². The first kappa shape index (κ1) is 11.8. The molecule has 1 nitrogen and oxygen atoms in total. The van der Waals surface area contributed by atoms with Crippen molar-refractivity contribution in [2.24, 2.45) is 11.7 Å². The average Bonchev–Trinajstić information content (AvgIpc) is 2.12. The van der Waals surface area contributed by atoms with Gasteiger partial charge < -0.3 is 5.73 Å². The summed E-state index contributed by atoms with van der Waals surface area (Å²) in [4.78, 5) is 0. The van der Waals surface area contributed by atoms with E-state index >= 15 is 0 Å². The van der Waals surface area contributed by atoms with Gasteiger partial charge in [0, 0.05) is 10.0 Å². The second-order valence-corrected chi connectivity index (χ2v) is 4.40. The molecule has 0 spiro atoms. The second kappa shape index (κ2) is 5.59. The highest BCUT2D eigenvalue weighted by molar-refractivity contribution is 6.35. The van der Waals surface area contributed by atoms with Crippen LogP contribution in [0.1, 0.15) is 18.9 Å². The van der Waals surface area contributed by atoms with Crippen molar-refractivity contribution < 1.29 is 0 Å². The quantitative estimate of drug-likeness (QED) is 0.844. The van der Waals surface area contributed by atoms with E-state index < -0.39 is 0 Å². The van der Waals surface area contributed by atoms with E-state index in [1.54, 1.807) is 0 Å². The van der Waals surface area contributed by atoms with Crippen LogP contribution < -0.4 is 5.73 Å². The first-order valence-corrected chi connectivity index (χ1v) is 5.53. The van der Waals surface area contributed by atoms with Gasteiger partial charge in [0.05, 0.1) is 0 Å². The summed E-state index contributed by atoms with van der Waals surface area (Å²) in [6.07, 6.45) is 1.90. The van der Waals surface area contributed by atoms with E-state index in [9.17, 15) is 0 Å². The fourth-order valence-corrected chi connectivity index (χ4v) is 2.01. The Morgan fingerprint density at radius 3 is 2.36 bits per heavy atom. The van der Waals surface area contributed by atoms with Crippen molar-refractivity contribution in [3.8, 4) is 0 Å². The predicted molar refractivity (Wildman–Crippen MR) is 63.0 cm³/mol. The molecule has 1 unspecified atom stereocenters. The van der Waals surface area contributed by atoms with E-state index in [2.05, 4.69) is 6.92 Å². The molecule has 1 atom stereocenters. The molecule has 1 rings (SSSR count). The number of nitrogens with two attached hydrogens (primary N) is 1. The molecule has 1 aromatic carbocycles. The molecule has 0 heterocycles. The highest BCUT2D eigenvalue weighted by Gasteiger charge is 2.09. The fraction of sp³-hybridized carbons (Fsp3) is 0.455. The van der Waals surface area contributed by atoms with E-state index in [-0.39, 0.29) is 0 Å². The molecule has 0 aliphatic heterocycles. The van der Waals surface area contributed by atoms with Gasteiger partial charge >= 0.3 is 0 Å². The molecular formula is C11H15Cl2N. The fourth-order valence-electron chi connectivity index (χ4n) is 1.46. The molecule has 0 aliphatic rings. The van der Waals surface area contributed by atoms with Gasteiger partial charge in [-0.15, -0.1) is 0 Å². The summed E-state index contributed by atoms with van der Waals surface area (Å²) in [5.41, 5.74) is 6.53. The van der Waals surface area contributed by atoms with E-state index in [4.69, 9.17) is 28.9 Å². The lowest BCUT2D eigenvalue weighted by molar-refractivity contribution is 0.539. The summed E-state index contributed by atoms with van der Waals surface area (Å²) in [5, 5.41) is 1.50. The first-order valence-electron chi connectivity index (χ1n) is 4.78. The van der Waals surface area contributed by atoms with Gasteiger partial charge in [0.2, 0.25) is 0 Å². The molecule has 0 saturated carbocycles. The normalized spacial score (nSPS) is 12.9. The molecule has 0 bridgehead atoms. The Balaban J connectivity index is 2.75. The van der Waals surface area contributed by atoms with Gasteiger partial charge in [-0.05, 0) is 43.0 Å². The van der Waals surface area contributed by atoms with Crippen molar-refractivity contribution in [2.45, 2.75) is 19.8 Å². The third-order valence-corrected chi connectivity index (χ3v) is 2.98. The zero-order valence-corrected chi connectivity index (χ0v) is 9.78. The zero-order chi connectivity index (χ0) is 10.6. The summed E-state index contributed by atoms with van der Waals surface area (Å²) >= 11 is 12.1. The van der Waals surface area contributed by atoms with Crippen molar-refractivity contribution in [2.75, 3.05) is 6.54 Å². The van der Waals surface area contributed by atoms with Crippen molar-refractivity contribution >= 4 is 23.2 Å². The Bertz CT molecular complexity index is 279. The van der Waals surface area contributed by atoms with Crippen LogP contribution in [0.25, 0.3) is 0 Å². The van der Waals surface area contributed by atoms with Gasteiger partial charge in [0.1, 0.15) is 0 Å². The zero-order valence-electron chi connectivity index (χ0n) is 8.26. The second-order valence-electron chi connectivity index (χ2n) is 3.59. The van der Waals surface area contributed by atoms with Gasteiger partial charge in [-0.2, -0.15) is 0 Å². The largest absolute Gasteiger partial charge is 0.330 e. The van der Waals surface area contributed by atoms with Crippen molar-refractivity contribution in [3.63, 3.8) is 0 Å². The van der Waals surface area contributed by atoms with Crippen LogP contribution in [0, 0.1) is 5.92 Å². The molecule has 0 amide bonds. The van der Waals surface area contributed by atoms with Gasteiger partial charge in [0.25, 0.3) is 0 Å². The van der Waals surface area contributed by atoms with Gasteiger partial charge in [-0.3, -0.25) is 0 Å². The Morgan fingerprint density at radius 2 is 1.86 bits per heavy atom. The van der Waals surface area contributed by atoms with Crippen LogP contribution in [0.2, 0.25) is 10.0 Å². The number of rotatable bonds is 4. The molecule has 1 aromatic rings. The smallest absolute Gasteiger partial charge is 0.0452 e. The predicted octanol–water partition coefficient (Wildman–Crippen LogP) is 3.52. The molecular weight excluding hydrogens is 217 g/mol. The molecule has 78 valence electrons. The standard InChI is InChI=1S/C11H15Cl2N/c1-8(5-6-14)7-9-10(12)3-2-4-11(9)13/h2-4,8H,5-7,14H2,1H3. The van der Waals surface area contributed by atoms with Crippen LogP contribution in [0.5, 0.6) is 0 Å². The maximum atomic E-state index is 6.06. The number of benzene rings is 1. The number of halogens is 2. The van der Waals surface area contributed by atoms with E-state index in [1.807, 2.05) is 18.2 Å². The monoisotopic (exact) mass is 231 g/mol. The molecule has 14 heavy (non-hydrogen) atoms. The van der Waals surface area contributed by atoms with Crippen molar-refractivity contribution in [3.05, 3.63) is 33.8 Å². The van der Waals surface area contributed by atoms with Gasteiger partial charge in [0.15, 0.2) is 0 Å². The lowest BCUT2D eigenvalue weighted by atomic mass is 9.98. The van der Waals surface area contributed by atoms with Crippen LogP contribution in [0.3, 0.4) is 0 Å². The Labute approximate surface area is 95.2 Å². The summed E-state index contributed by atoms with van der Waals surface area (Å²) in [5.74, 6) is 0.525. The Hall–Kier alpha value is -0.240. The van der Waals surface area contributed by atoms with Crippen LogP contribution in [-0.4, -0.2) is 6.54 Å². The van der Waals surface area contributed by atoms with Crippen LogP contribution in [-0.2, 0) is 6.42 Å². The molecule has 0 aliphatic carbocycles. The van der Waals surface area contributed by atoms with E-state index in [1.165, 1.54) is 0 Å². The number of hydrogen-bond acceptors (Lipinski definition) is 1. The van der Waals surface area contributed by atoms with Gasteiger partial charge in [-0.25, -0.2) is 0 Å². The topological polar surface area (TPSA) is 26.0 Å². The SMILES string of the molecule is CC(CCN)Cc1c(Cl)cccc1Cl. The molecule has 3 heteroatoms. The lowest BCUT2D eigenvalue weighted by Gasteiger charge is -2.12. The third-order valence-electron chi connectivity index (χ3n) is 2.27. The van der Waals surface area contributed by atoms with Crippen molar-refractivity contribution in [1.29, 1.82) is 0 Å². The third kappa shape index (κ3) is 3.16. The van der Waals surface area contributed by atoms with Crippen LogP contribution in [0.4, 0.5) is 0 Å². The average molecular weight is 232 g/mol. The van der Waals surface area contributed by atoms with E-state index in [0.29, 0.717) is 12.5 Å².